The van der Waals surface area contributed by atoms with Crippen LogP contribution in [0.1, 0.15) is 40.0 Å². The molecule has 2 aliphatic rings. The summed E-state index contributed by atoms with van der Waals surface area (Å²) in [5.74, 6) is -0.357. The Hall–Kier alpha value is -3.04. The van der Waals surface area contributed by atoms with Crippen molar-refractivity contribution >= 4 is 28.8 Å². The number of nitro benzene ring substituents is 2. The van der Waals surface area contributed by atoms with Crippen molar-refractivity contribution in [1.29, 1.82) is 0 Å². The summed E-state index contributed by atoms with van der Waals surface area (Å²) in [6, 6.07) is 3.09. The minimum absolute atomic E-state index is 0.0511. The number of non-ortho nitro benzene ring substituents is 1. The first-order valence-corrected chi connectivity index (χ1v) is 8.49. The molecule has 0 radical (unpaired) electrons. The summed E-state index contributed by atoms with van der Waals surface area (Å²) >= 11 is 0. The Balaban J connectivity index is 1.84. The van der Waals surface area contributed by atoms with E-state index in [0.717, 1.165) is 18.2 Å². The fourth-order valence-corrected chi connectivity index (χ4v) is 4.49. The summed E-state index contributed by atoms with van der Waals surface area (Å²) in [6.07, 6.45) is 1.30. The number of nitro groups is 2. The number of anilines is 1. The first-order chi connectivity index (χ1) is 12.5. The highest BCUT2D eigenvalue weighted by Crippen LogP contribution is 2.70. The first kappa shape index (κ1) is 18.7. The largest absolute Gasteiger partial charge is 0.300 e. The Kier molecular flexibility index (Phi) is 3.98. The Morgan fingerprint density at radius 3 is 2.26 bits per heavy atom. The lowest BCUT2D eigenvalue weighted by molar-refractivity contribution is -0.393. The van der Waals surface area contributed by atoms with Gasteiger partial charge in [0.1, 0.15) is 11.5 Å². The molecule has 1 aromatic carbocycles. The van der Waals surface area contributed by atoms with Crippen molar-refractivity contribution in [1.82, 2.24) is 5.43 Å². The first-order valence-electron chi connectivity index (χ1n) is 8.49. The number of carbonyl (C=O) groups is 2. The number of amides is 1. The van der Waals surface area contributed by atoms with Crippen LogP contribution in [-0.4, -0.2) is 21.5 Å². The van der Waals surface area contributed by atoms with Gasteiger partial charge in [-0.2, -0.15) is 0 Å². The van der Waals surface area contributed by atoms with Gasteiger partial charge in [-0.25, -0.2) is 0 Å². The van der Waals surface area contributed by atoms with E-state index in [1.807, 2.05) is 20.8 Å². The highest BCUT2D eigenvalue weighted by molar-refractivity contribution is 6.00. The van der Waals surface area contributed by atoms with Crippen LogP contribution in [0.4, 0.5) is 17.1 Å². The third kappa shape index (κ3) is 2.39. The highest BCUT2D eigenvalue weighted by atomic mass is 16.6. The van der Waals surface area contributed by atoms with Gasteiger partial charge >= 0.3 is 5.69 Å². The zero-order valence-corrected chi connectivity index (χ0v) is 15.2. The van der Waals surface area contributed by atoms with Crippen LogP contribution in [-0.2, 0) is 9.59 Å². The van der Waals surface area contributed by atoms with Gasteiger partial charge in [-0.15, -0.1) is 0 Å². The molecule has 0 aromatic heterocycles. The van der Waals surface area contributed by atoms with Crippen molar-refractivity contribution in [2.75, 3.05) is 5.43 Å². The third-order valence-electron chi connectivity index (χ3n) is 6.84. The number of hydrogen-bond donors (Lipinski definition) is 2. The quantitative estimate of drug-likeness (QED) is 0.593. The molecule has 2 aliphatic carbocycles. The minimum Gasteiger partial charge on any atom is -0.299 e. The lowest BCUT2D eigenvalue weighted by atomic mass is 9.64. The van der Waals surface area contributed by atoms with Gasteiger partial charge in [-0.3, -0.25) is 40.7 Å². The molecule has 2 atom stereocenters. The van der Waals surface area contributed by atoms with Crippen LogP contribution in [0, 0.1) is 36.5 Å². The summed E-state index contributed by atoms with van der Waals surface area (Å²) in [7, 11) is 0. The van der Waals surface area contributed by atoms with Crippen LogP contribution in [0.25, 0.3) is 0 Å². The number of nitrogens with one attached hydrogen (secondary N) is 2. The smallest absolute Gasteiger partial charge is 0.299 e. The number of ketones is 1. The standard InChI is InChI=1S/C17H20N4O6/c1-15(2)16(3)6-7-17(15,9-13(16)22)14(23)19-18-11-5-4-10(20(24)25)8-12(11)21(26)27/h4-5,8,18H,6-7,9H2,1-3H3,(H,19,23). The molecule has 2 bridgehead atoms. The molecule has 144 valence electrons. The SMILES string of the molecule is CC12CCC(C(=O)NNc3ccc([N+](=O)[O-])cc3[N+](=O)[O-])(CC1=O)C2(C)C. The molecule has 0 spiro atoms. The van der Waals surface area contributed by atoms with Gasteiger partial charge < -0.3 is 0 Å². The Morgan fingerprint density at radius 1 is 1.11 bits per heavy atom. The van der Waals surface area contributed by atoms with E-state index in [2.05, 4.69) is 10.9 Å². The predicted octanol–water partition coefficient (Wildman–Crippen LogP) is 2.73. The average Bonchev–Trinajstić information content (AvgIpc) is 2.89. The van der Waals surface area contributed by atoms with Crippen LogP contribution in [0.2, 0.25) is 0 Å². The molecule has 10 nitrogen and oxygen atoms in total. The van der Waals surface area contributed by atoms with Gasteiger partial charge in [0.25, 0.3) is 5.69 Å². The molecule has 0 saturated heterocycles. The Morgan fingerprint density at radius 2 is 1.78 bits per heavy atom. The molecule has 2 unspecified atom stereocenters. The summed E-state index contributed by atoms with van der Waals surface area (Å²) < 4.78 is 0. The summed E-state index contributed by atoms with van der Waals surface area (Å²) in [5, 5.41) is 22.0. The number of nitrogens with zero attached hydrogens (tertiary/aromatic N) is 2. The zero-order valence-electron chi connectivity index (χ0n) is 15.2. The maximum absolute atomic E-state index is 13.0. The molecule has 0 aliphatic heterocycles. The minimum atomic E-state index is -0.888. The molecule has 10 heteroatoms. The topological polar surface area (TPSA) is 144 Å². The molecule has 2 fully saturated rings. The average molecular weight is 376 g/mol. The number of benzene rings is 1. The van der Waals surface area contributed by atoms with E-state index >= 15 is 0 Å². The van der Waals surface area contributed by atoms with Crippen molar-refractivity contribution in [2.24, 2.45) is 16.2 Å². The van der Waals surface area contributed by atoms with E-state index in [1.165, 1.54) is 0 Å². The van der Waals surface area contributed by atoms with Crippen molar-refractivity contribution in [3.05, 3.63) is 38.4 Å². The predicted molar refractivity (Wildman–Crippen MR) is 94.7 cm³/mol. The van der Waals surface area contributed by atoms with E-state index in [0.29, 0.717) is 12.8 Å². The molecular formula is C17H20N4O6. The van der Waals surface area contributed by atoms with Crippen LogP contribution in [0.3, 0.4) is 0 Å². The van der Waals surface area contributed by atoms with Gasteiger partial charge in [0.15, 0.2) is 0 Å². The fourth-order valence-electron chi connectivity index (χ4n) is 4.49. The van der Waals surface area contributed by atoms with E-state index in [4.69, 9.17) is 0 Å². The molecule has 2 N–H and O–H groups in total. The Labute approximate surface area is 154 Å². The number of rotatable bonds is 5. The molecule has 0 heterocycles. The maximum atomic E-state index is 13.0. The van der Waals surface area contributed by atoms with Crippen LogP contribution >= 0.6 is 0 Å². The van der Waals surface area contributed by atoms with Crippen molar-refractivity contribution in [3.8, 4) is 0 Å². The normalized spacial score (nSPS) is 28.0. The van der Waals surface area contributed by atoms with E-state index in [-0.39, 0.29) is 17.9 Å². The van der Waals surface area contributed by atoms with Gasteiger partial charge in [-0.1, -0.05) is 20.8 Å². The van der Waals surface area contributed by atoms with Crippen LogP contribution < -0.4 is 10.9 Å². The lowest BCUT2D eigenvalue weighted by Gasteiger charge is -2.38. The van der Waals surface area contributed by atoms with E-state index < -0.39 is 43.4 Å². The second kappa shape index (κ2) is 5.73. The van der Waals surface area contributed by atoms with Crippen molar-refractivity contribution < 1.29 is 19.4 Å². The van der Waals surface area contributed by atoms with E-state index in [1.54, 1.807) is 0 Å². The highest BCUT2D eigenvalue weighted by Gasteiger charge is 2.72. The molecule has 27 heavy (non-hydrogen) atoms. The van der Waals surface area contributed by atoms with Gasteiger partial charge in [-0.05, 0) is 24.3 Å². The summed E-state index contributed by atoms with van der Waals surface area (Å²) in [4.78, 5) is 45.9. The summed E-state index contributed by atoms with van der Waals surface area (Å²) in [5.41, 5.74) is 1.96. The third-order valence-corrected chi connectivity index (χ3v) is 6.84. The number of fused-ring (bicyclic) bond motifs is 2. The van der Waals surface area contributed by atoms with Crippen molar-refractivity contribution in [3.63, 3.8) is 0 Å². The van der Waals surface area contributed by atoms with Crippen LogP contribution in [0.15, 0.2) is 18.2 Å². The van der Waals surface area contributed by atoms with Crippen LogP contribution in [0.5, 0.6) is 0 Å². The number of carbonyl (C=O) groups excluding carboxylic acids is 2. The summed E-state index contributed by atoms with van der Waals surface area (Å²) in [6.45, 7) is 5.68. The molecule has 3 rings (SSSR count). The second-order valence-electron chi connectivity index (χ2n) is 7.93. The Bertz CT molecular complexity index is 882. The monoisotopic (exact) mass is 376 g/mol. The number of hydrazine groups is 1. The van der Waals surface area contributed by atoms with E-state index in [9.17, 15) is 29.8 Å². The van der Waals surface area contributed by atoms with Gasteiger partial charge in [0, 0.05) is 17.9 Å². The molecule has 1 aromatic rings. The lowest BCUT2D eigenvalue weighted by Crippen LogP contribution is -2.48. The fraction of sp³-hybridized carbons (Fsp3) is 0.529. The molecule has 2 saturated carbocycles. The van der Waals surface area contributed by atoms with Crippen molar-refractivity contribution in [2.45, 2.75) is 40.0 Å². The molecule has 1 amide bonds. The molecular weight excluding hydrogens is 356 g/mol. The zero-order chi connectivity index (χ0) is 20.2. The van der Waals surface area contributed by atoms with Gasteiger partial charge in [0.2, 0.25) is 5.91 Å². The number of hydrogen-bond acceptors (Lipinski definition) is 7. The maximum Gasteiger partial charge on any atom is 0.300 e. The van der Waals surface area contributed by atoms with Gasteiger partial charge in [0.05, 0.1) is 21.3 Å². The second-order valence-corrected chi connectivity index (χ2v) is 7.93. The number of Topliss-reactive ketones (excluding diaryl/α,β-unsaturated/α-hetero) is 1.